The van der Waals surface area contributed by atoms with Crippen molar-refractivity contribution in [3.05, 3.63) is 77.1 Å². The highest BCUT2D eigenvalue weighted by molar-refractivity contribution is 5.85. The minimum atomic E-state index is -4.66. The van der Waals surface area contributed by atoms with Gasteiger partial charge >= 0.3 is 6.18 Å². The van der Waals surface area contributed by atoms with Crippen molar-refractivity contribution in [2.75, 3.05) is 20.3 Å². The zero-order valence-corrected chi connectivity index (χ0v) is 19.5. The number of hydrogen-bond donors (Lipinski definition) is 0. The quantitative estimate of drug-likeness (QED) is 0.390. The second-order valence-corrected chi connectivity index (χ2v) is 7.94. The lowest BCUT2D eigenvalue weighted by Crippen LogP contribution is -2.36. The molecule has 5 nitrogen and oxygen atoms in total. The van der Waals surface area contributed by atoms with Crippen LogP contribution < -0.4 is 4.74 Å². The number of nitrogens with zero attached hydrogens (tertiary/aromatic N) is 2. The molecule has 184 valence electrons. The highest BCUT2D eigenvalue weighted by atomic mass is 35.5. The van der Waals surface area contributed by atoms with Crippen LogP contribution in [0.1, 0.15) is 35.4 Å². The van der Waals surface area contributed by atoms with E-state index in [4.69, 9.17) is 14.2 Å². The Hall–Kier alpha value is -2.62. The van der Waals surface area contributed by atoms with Crippen LogP contribution in [0.25, 0.3) is 5.69 Å². The molecule has 0 N–H and O–H groups in total. The average Bonchev–Trinajstić information content (AvgIpc) is 3.24. The largest absolute Gasteiger partial charge is 0.486 e. The van der Waals surface area contributed by atoms with E-state index in [2.05, 4.69) is 4.98 Å². The van der Waals surface area contributed by atoms with E-state index in [9.17, 15) is 13.2 Å². The Bertz CT molecular complexity index is 1110. The molecule has 0 unspecified atom stereocenters. The van der Waals surface area contributed by atoms with E-state index in [-0.39, 0.29) is 50.6 Å². The minimum Gasteiger partial charge on any atom is -0.486 e. The van der Waals surface area contributed by atoms with Gasteiger partial charge in [0.05, 0.1) is 5.56 Å². The van der Waals surface area contributed by atoms with Crippen molar-refractivity contribution in [2.24, 2.45) is 0 Å². The van der Waals surface area contributed by atoms with Crippen LogP contribution in [0.2, 0.25) is 0 Å². The summed E-state index contributed by atoms with van der Waals surface area (Å²) >= 11 is 0. The van der Waals surface area contributed by atoms with Crippen molar-refractivity contribution in [2.45, 2.75) is 38.1 Å². The molecular formula is C24H25ClF4N2O3. The zero-order chi connectivity index (χ0) is 23.6. The number of ether oxygens (including phenoxy) is 3. The second-order valence-electron chi connectivity index (χ2n) is 7.94. The first-order valence-corrected chi connectivity index (χ1v) is 10.5. The molecule has 0 aliphatic carbocycles. The van der Waals surface area contributed by atoms with E-state index in [0.717, 1.165) is 17.6 Å². The Balaban J connectivity index is 0.00000324. The number of imidazole rings is 1. The summed E-state index contributed by atoms with van der Waals surface area (Å²) in [6.45, 7) is 2.31. The third kappa shape index (κ3) is 5.21. The highest BCUT2D eigenvalue weighted by Crippen LogP contribution is 2.43. The summed E-state index contributed by atoms with van der Waals surface area (Å²) in [4.78, 5) is 4.18. The van der Waals surface area contributed by atoms with E-state index < -0.39 is 28.9 Å². The highest BCUT2D eigenvalue weighted by Gasteiger charge is 2.41. The first-order chi connectivity index (χ1) is 15.7. The maximum atomic E-state index is 15.4. The van der Waals surface area contributed by atoms with Crippen molar-refractivity contribution in [3.8, 4) is 11.4 Å². The first-order valence-electron chi connectivity index (χ1n) is 10.5. The van der Waals surface area contributed by atoms with Crippen LogP contribution in [0.3, 0.4) is 0 Å². The summed E-state index contributed by atoms with van der Waals surface area (Å²) in [6, 6.07) is 8.74. The Labute approximate surface area is 201 Å². The number of alkyl halides is 3. The molecule has 0 bridgehead atoms. The lowest BCUT2D eigenvalue weighted by atomic mass is 9.84. The third-order valence-corrected chi connectivity index (χ3v) is 5.98. The van der Waals surface area contributed by atoms with Gasteiger partial charge in [0.1, 0.15) is 18.0 Å². The molecule has 1 aliphatic rings. The molecule has 2 heterocycles. The molecule has 0 spiro atoms. The average molecular weight is 501 g/mol. The number of rotatable bonds is 6. The fraction of sp³-hybridized carbons (Fsp3) is 0.375. The summed E-state index contributed by atoms with van der Waals surface area (Å²) in [7, 11) is 1.37. The van der Waals surface area contributed by atoms with Crippen molar-refractivity contribution in [3.63, 3.8) is 0 Å². The van der Waals surface area contributed by atoms with Crippen molar-refractivity contribution in [1.82, 2.24) is 9.55 Å². The molecule has 1 aromatic heterocycles. The van der Waals surface area contributed by atoms with Gasteiger partial charge in [0.15, 0.2) is 11.6 Å². The van der Waals surface area contributed by atoms with Crippen molar-refractivity contribution < 1.29 is 31.8 Å². The number of benzene rings is 2. The molecule has 2 aromatic carbocycles. The lowest BCUT2D eigenvalue weighted by Gasteiger charge is -2.37. The van der Waals surface area contributed by atoms with Gasteiger partial charge in [-0.05, 0) is 36.8 Å². The van der Waals surface area contributed by atoms with Crippen LogP contribution in [0, 0.1) is 12.7 Å². The van der Waals surface area contributed by atoms with Gasteiger partial charge in [-0.25, -0.2) is 9.37 Å². The fourth-order valence-corrected chi connectivity index (χ4v) is 4.05. The summed E-state index contributed by atoms with van der Waals surface area (Å²) in [5.41, 5.74) is -0.788. The van der Waals surface area contributed by atoms with Gasteiger partial charge in [-0.15, -0.1) is 12.4 Å². The van der Waals surface area contributed by atoms with Crippen LogP contribution in [-0.4, -0.2) is 29.9 Å². The Kier molecular flexibility index (Phi) is 7.90. The SMILES string of the molecule is COC1(c2cc(C(F)(F)F)cc(OCc3ccc(-n4ccnc4C)cc3)c2F)CCOCC1.Cl. The molecule has 1 aliphatic heterocycles. The molecule has 34 heavy (non-hydrogen) atoms. The van der Waals surface area contributed by atoms with E-state index in [1.807, 2.05) is 29.8 Å². The number of hydrogen-bond acceptors (Lipinski definition) is 4. The molecule has 1 fully saturated rings. The Morgan fingerprint density at radius 1 is 1.12 bits per heavy atom. The number of halogens is 5. The summed E-state index contributed by atoms with van der Waals surface area (Å²) in [5.74, 6) is -0.493. The van der Waals surface area contributed by atoms with Gasteiger partial charge in [-0.2, -0.15) is 13.2 Å². The standard InChI is InChI=1S/C24H24F4N2O3.ClH/c1-16-29-9-10-30(16)19-5-3-17(4-6-19)15-33-21-14-18(24(26,27)28)13-20(22(21)25)23(31-2)7-11-32-12-8-23;/h3-6,9-10,13-14H,7-8,11-12,15H2,1-2H3;1H. The van der Waals surface area contributed by atoms with Gasteiger partial charge in [-0.3, -0.25) is 0 Å². The second kappa shape index (κ2) is 10.3. The lowest BCUT2D eigenvalue weighted by molar-refractivity contribution is -0.138. The molecule has 0 radical (unpaired) electrons. The topological polar surface area (TPSA) is 45.5 Å². The van der Waals surface area contributed by atoms with E-state index in [1.54, 1.807) is 18.3 Å². The zero-order valence-electron chi connectivity index (χ0n) is 18.7. The van der Waals surface area contributed by atoms with E-state index in [0.29, 0.717) is 11.6 Å². The van der Waals surface area contributed by atoms with Gasteiger partial charge < -0.3 is 18.8 Å². The number of aryl methyl sites for hydroxylation is 1. The van der Waals surface area contributed by atoms with Crippen molar-refractivity contribution >= 4 is 12.4 Å². The molecule has 0 amide bonds. The third-order valence-electron chi connectivity index (χ3n) is 5.98. The maximum absolute atomic E-state index is 15.4. The fourth-order valence-electron chi connectivity index (χ4n) is 4.05. The van der Waals surface area contributed by atoms with Gasteiger partial charge in [0.2, 0.25) is 0 Å². The molecule has 1 saturated heterocycles. The molecule has 10 heteroatoms. The van der Waals surface area contributed by atoms with Gasteiger partial charge in [0, 0.05) is 56.8 Å². The molecule has 3 aromatic rings. The first kappa shape index (κ1) is 26.0. The molecule has 4 rings (SSSR count). The molecular weight excluding hydrogens is 476 g/mol. The van der Waals surface area contributed by atoms with Crippen LogP contribution in [0.4, 0.5) is 17.6 Å². The number of aromatic nitrogens is 2. The van der Waals surface area contributed by atoms with Gasteiger partial charge in [0.25, 0.3) is 0 Å². The van der Waals surface area contributed by atoms with Crippen LogP contribution >= 0.6 is 12.4 Å². The number of methoxy groups -OCH3 is 1. The van der Waals surface area contributed by atoms with E-state index in [1.165, 1.54) is 7.11 Å². The van der Waals surface area contributed by atoms with Crippen molar-refractivity contribution in [1.29, 1.82) is 0 Å². The Morgan fingerprint density at radius 3 is 2.35 bits per heavy atom. The van der Waals surface area contributed by atoms with Crippen LogP contribution in [-0.2, 0) is 27.9 Å². The van der Waals surface area contributed by atoms with E-state index >= 15 is 4.39 Å². The minimum absolute atomic E-state index is 0. The summed E-state index contributed by atoms with van der Waals surface area (Å²) in [6.07, 6.45) is -0.661. The van der Waals surface area contributed by atoms with Crippen LogP contribution in [0.5, 0.6) is 5.75 Å². The molecule has 0 atom stereocenters. The Morgan fingerprint density at radius 2 is 1.79 bits per heavy atom. The summed E-state index contributed by atoms with van der Waals surface area (Å²) < 4.78 is 74.5. The van der Waals surface area contributed by atoms with Crippen LogP contribution in [0.15, 0.2) is 48.8 Å². The predicted octanol–water partition coefficient (Wildman–Crippen LogP) is 5.99. The maximum Gasteiger partial charge on any atom is 0.416 e. The van der Waals surface area contributed by atoms with Gasteiger partial charge in [-0.1, -0.05) is 12.1 Å². The monoisotopic (exact) mass is 500 g/mol. The smallest absolute Gasteiger partial charge is 0.416 e. The predicted molar refractivity (Wildman–Crippen MR) is 120 cm³/mol. The summed E-state index contributed by atoms with van der Waals surface area (Å²) in [5, 5.41) is 0. The normalized spacial score (nSPS) is 15.6. The molecule has 0 saturated carbocycles.